The molecule has 0 radical (unpaired) electrons. The molecule has 0 aliphatic carbocycles. The number of rotatable bonds is 2. The zero-order valence-corrected chi connectivity index (χ0v) is 19.5. The molecule has 3 amide bonds. The molecule has 0 saturated carbocycles. The van der Waals surface area contributed by atoms with Crippen molar-refractivity contribution >= 4 is 74.3 Å². The van der Waals surface area contributed by atoms with Crippen LogP contribution in [0.1, 0.15) is 43.6 Å². The SMILES string of the molecule is CC.CC.COC(=O)c1cc(C)c(Br)c(F)c1NC(=O)NC(=O)C(Cl)(Cl)Cl. The van der Waals surface area contributed by atoms with Gasteiger partial charge in [-0.2, -0.15) is 0 Å². The number of carbonyl (C=O) groups is 3. The number of anilines is 1. The van der Waals surface area contributed by atoms with Crippen molar-refractivity contribution in [3.63, 3.8) is 0 Å². The Morgan fingerprint density at radius 2 is 1.63 bits per heavy atom. The highest BCUT2D eigenvalue weighted by atomic mass is 79.9. The third-order valence-electron chi connectivity index (χ3n) is 2.52. The smallest absolute Gasteiger partial charge is 0.340 e. The van der Waals surface area contributed by atoms with Gasteiger partial charge in [0.2, 0.25) is 0 Å². The van der Waals surface area contributed by atoms with Crippen LogP contribution < -0.4 is 10.6 Å². The van der Waals surface area contributed by atoms with Gasteiger partial charge in [-0.1, -0.05) is 62.5 Å². The maximum absolute atomic E-state index is 14.3. The first-order valence-corrected chi connectivity index (χ1v) is 9.67. The summed E-state index contributed by atoms with van der Waals surface area (Å²) in [5.74, 6) is -3.06. The summed E-state index contributed by atoms with van der Waals surface area (Å²) in [5.41, 5.74) is -0.350. The first-order chi connectivity index (χ1) is 12.5. The van der Waals surface area contributed by atoms with Gasteiger partial charge in [-0.05, 0) is 34.5 Å². The van der Waals surface area contributed by atoms with Crippen molar-refractivity contribution in [3.05, 3.63) is 27.5 Å². The van der Waals surface area contributed by atoms with E-state index in [4.69, 9.17) is 34.8 Å². The molecule has 154 valence electrons. The molecule has 1 aromatic carbocycles. The minimum absolute atomic E-state index is 0.0214. The molecule has 2 N–H and O–H groups in total. The molecule has 27 heavy (non-hydrogen) atoms. The van der Waals surface area contributed by atoms with E-state index >= 15 is 0 Å². The summed E-state index contributed by atoms with van der Waals surface area (Å²) >= 11 is 18.9. The summed E-state index contributed by atoms with van der Waals surface area (Å²) in [5, 5.41) is 3.71. The fraction of sp³-hybridized carbons (Fsp3) is 0.438. The molecule has 0 saturated heterocycles. The number of esters is 1. The number of carbonyl (C=O) groups excluding carboxylic acids is 3. The highest BCUT2D eigenvalue weighted by Crippen LogP contribution is 2.31. The van der Waals surface area contributed by atoms with E-state index in [-0.39, 0.29) is 10.0 Å². The van der Waals surface area contributed by atoms with Crippen molar-refractivity contribution in [2.75, 3.05) is 12.4 Å². The maximum Gasteiger partial charge on any atom is 0.340 e. The van der Waals surface area contributed by atoms with Crippen molar-refractivity contribution < 1.29 is 23.5 Å². The van der Waals surface area contributed by atoms with E-state index in [1.165, 1.54) is 13.0 Å². The van der Waals surface area contributed by atoms with E-state index in [1.54, 1.807) is 5.32 Å². The summed E-state index contributed by atoms with van der Waals surface area (Å²) < 4.78 is 16.5. The van der Waals surface area contributed by atoms with Crippen LogP contribution >= 0.6 is 50.7 Å². The number of methoxy groups -OCH3 is 1. The van der Waals surface area contributed by atoms with Gasteiger partial charge in [0.05, 0.1) is 22.8 Å². The molecule has 6 nitrogen and oxygen atoms in total. The second kappa shape index (κ2) is 13.1. The Hall–Kier alpha value is -1.09. The lowest BCUT2D eigenvalue weighted by Crippen LogP contribution is -2.41. The Morgan fingerprint density at radius 1 is 1.15 bits per heavy atom. The Morgan fingerprint density at radius 3 is 2.04 bits per heavy atom. The highest BCUT2D eigenvalue weighted by Gasteiger charge is 2.32. The number of hydrogen-bond donors (Lipinski definition) is 2. The van der Waals surface area contributed by atoms with Crippen molar-refractivity contribution in [2.45, 2.75) is 38.4 Å². The second-order valence-corrected chi connectivity index (χ2v) is 7.22. The number of halogens is 5. The normalized spacial score (nSPS) is 9.74. The number of amides is 3. The van der Waals surface area contributed by atoms with E-state index < -0.39 is 33.2 Å². The number of nitrogens with one attached hydrogen (secondary N) is 2. The fourth-order valence-electron chi connectivity index (χ4n) is 1.47. The van der Waals surface area contributed by atoms with E-state index in [9.17, 15) is 18.8 Å². The topological polar surface area (TPSA) is 84.5 Å². The summed E-state index contributed by atoms with van der Waals surface area (Å²) in [7, 11) is 1.09. The lowest BCUT2D eigenvalue weighted by atomic mass is 10.1. The minimum Gasteiger partial charge on any atom is -0.465 e. The standard InChI is InChI=1S/C12H9BrCl3FN2O4.2C2H6/c1-4-3-5(9(20)23-2)8(7(17)6(4)13)18-11(22)19-10(21)12(14,15)16;2*1-2/h3H,1-2H3,(H2,18,19,21,22);2*1-2H3. The van der Waals surface area contributed by atoms with Crippen LogP contribution in [0, 0.1) is 12.7 Å². The van der Waals surface area contributed by atoms with E-state index in [0.29, 0.717) is 5.56 Å². The zero-order valence-electron chi connectivity index (χ0n) is 15.6. The van der Waals surface area contributed by atoms with E-state index in [0.717, 1.165) is 7.11 Å². The van der Waals surface area contributed by atoms with Gasteiger partial charge in [-0.25, -0.2) is 14.0 Å². The third kappa shape index (κ3) is 8.64. The lowest BCUT2D eigenvalue weighted by molar-refractivity contribution is -0.119. The van der Waals surface area contributed by atoms with Gasteiger partial charge >= 0.3 is 12.0 Å². The highest BCUT2D eigenvalue weighted by molar-refractivity contribution is 9.10. The van der Waals surface area contributed by atoms with Gasteiger partial charge in [0.15, 0.2) is 5.82 Å². The summed E-state index contributed by atoms with van der Waals surface area (Å²) in [6.07, 6.45) is 0. The monoisotopic (exact) mass is 508 g/mol. The maximum atomic E-state index is 14.3. The van der Waals surface area contributed by atoms with Crippen molar-refractivity contribution in [2.24, 2.45) is 0 Å². The fourth-order valence-corrected chi connectivity index (χ4v) is 1.92. The lowest BCUT2D eigenvalue weighted by Gasteiger charge is -2.15. The molecule has 0 spiro atoms. The predicted octanol–water partition coefficient (Wildman–Crippen LogP) is 5.75. The van der Waals surface area contributed by atoms with Crippen LogP contribution in [0.3, 0.4) is 0 Å². The molecule has 0 unspecified atom stereocenters. The Bertz CT molecular complexity index is 683. The third-order valence-corrected chi connectivity index (χ3v) is 4.01. The van der Waals surface area contributed by atoms with Gasteiger partial charge in [0.1, 0.15) is 0 Å². The molecule has 0 heterocycles. The predicted molar refractivity (Wildman–Crippen MR) is 110 cm³/mol. The summed E-state index contributed by atoms with van der Waals surface area (Å²) in [4.78, 5) is 34.8. The van der Waals surface area contributed by atoms with Crippen LogP contribution in [0.15, 0.2) is 10.5 Å². The van der Waals surface area contributed by atoms with Crippen LogP contribution in [0.2, 0.25) is 0 Å². The van der Waals surface area contributed by atoms with Crippen LogP contribution in [-0.4, -0.2) is 28.8 Å². The summed E-state index contributed by atoms with van der Waals surface area (Å²) in [6, 6.07) is 0.104. The first-order valence-electron chi connectivity index (χ1n) is 7.75. The Balaban J connectivity index is 0. The molecule has 1 rings (SSSR count). The van der Waals surface area contributed by atoms with Gasteiger partial charge < -0.3 is 10.1 Å². The average Bonchev–Trinajstić information content (AvgIpc) is 2.63. The Labute approximate surface area is 181 Å². The number of benzene rings is 1. The number of alkyl halides is 3. The molecule has 0 aromatic heterocycles. The molecule has 1 aromatic rings. The molecule has 11 heteroatoms. The number of imide groups is 1. The van der Waals surface area contributed by atoms with Gasteiger partial charge in [-0.3, -0.25) is 10.1 Å². The van der Waals surface area contributed by atoms with E-state index in [2.05, 4.69) is 20.7 Å². The molecule has 0 bridgehead atoms. The molecule has 0 fully saturated rings. The number of aryl methyl sites for hydroxylation is 1. The van der Waals surface area contributed by atoms with Gasteiger partial charge in [0.25, 0.3) is 9.70 Å². The minimum atomic E-state index is -2.38. The second-order valence-electron chi connectivity index (χ2n) is 4.14. The van der Waals surface area contributed by atoms with Crippen molar-refractivity contribution in [1.29, 1.82) is 0 Å². The van der Waals surface area contributed by atoms with E-state index in [1.807, 2.05) is 33.0 Å². The molecular weight excluding hydrogens is 489 g/mol. The van der Waals surface area contributed by atoms with Crippen LogP contribution in [-0.2, 0) is 9.53 Å². The van der Waals surface area contributed by atoms with Gasteiger partial charge in [-0.15, -0.1) is 0 Å². The molecule has 0 atom stereocenters. The summed E-state index contributed by atoms with van der Waals surface area (Å²) in [6.45, 7) is 9.54. The molecule has 0 aliphatic heterocycles. The Kier molecular flexibility index (Phi) is 13.7. The number of hydrogen-bond acceptors (Lipinski definition) is 4. The van der Waals surface area contributed by atoms with Crippen molar-refractivity contribution in [1.82, 2.24) is 5.32 Å². The number of urea groups is 1. The van der Waals surface area contributed by atoms with Crippen LogP contribution in [0.5, 0.6) is 0 Å². The first kappa shape index (κ1) is 28.1. The quantitative estimate of drug-likeness (QED) is 0.392. The molecular formula is C16H21BrCl3FN2O4. The largest absolute Gasteiger partial charge is 0.465 e. The average molecular weight is 511 g/mol. The van der Waals surface area contributed by atoms with Gasteiger partial charge in [0, 0.05) is 0 Å². The zero-order chi connectivity index (χ0) is 21.9. The van der Waals surface area contributed by atoms with Crippen molar-refractivity contribution in [3.8, 4) is 0 Å². The van der Waals surface area contributed by atoms with Crippen LogP contribution in [0.25, 0.3) is 0 Å². The van der Waals surface area contributed by atoms with Crippen LogP contribution in [0.4, 0.5) is 14.9 Å². The number of ether oxygens (including phenoxy) is 1. The molecule has 0 aliphatic rings.